The van der Waals surface area contributed by atoms with Gasteiger partial charge in [0, 0.05) is 6.04 Å². The zero-order valence-corrected chi connectivity index (χ0v) is 8.29. The molecule has 13 heavy (non-hydrogen) atoms. The zero-order chi connectivity index (χ0) is 9.10. The van der Waals surface area contributed by atoms with Crippen LogP contribution in [0.1, 0.15) is 19.3 Å². The Balaban J connectivity index is 1.78. The summed E-state index contributed by atoms with van der Waals surface area (Å²) in [6, 6.07) is 0.493. The van der Waals surface area contributed by atoms with E-state index in [0.717, 1.165) is 25.7 Å². The first-order valence-corrected chi connectivity index (χ1v) is 5.26. The predicted octanol–water partition coefficient (Wildman–Crippen LogP) is 0.790. The van der Waals surface area contributed by atoms with E-state index in [1.807, 2.05) is 7.05 Å². The van der Waals surface area contributed by atoms with E-state index in [4.69, 9.17) is 9.47 Å². The van der Waals surface area contributed by atoms with Gasteiger partial charge in [-0.05, 0) is 19.4 Å². The van der Waals surface area contributed by atoms with E-state index in [2.05, 4.69) is 5.32 Å². The van der Waals surface area contributed by atoms with Gasteiger partial charge in [0.25, 0.3) is 0 Å². The average molecular weight is 185 g/mol. The molecule has 2 fully saturated rings. The molecule has 1 saturated carbocycles. The molecule has 3 nitrogen and oxygen atoms in total. The number of likely N-dealkylation sites (N-methyl/N-ethyl adjacent to an activating group) is 1. The van der Waals surface area contributed by atoms with E-state index >= 15 is 0 Å². The first-order chi connectivity index (χ1) is 6.40. The van der Waals surface area contributed by atoms with Gasteiger partial charge in [-0.25, -0.2) is 0 Å². The lowest BCUT2D eigenvalue weighted by molar-refractivity contribution is -0.102. The van der Waals surface area contributed by atoms with Crippen LogP contribution in [0.25, 0.3) is 0 Å². The third kappa shape index (κ3) is 2.66. The fraction of sp³-hybridized carbons (Fsp3) is 1.00. The monoisotopic (exact) mass is 185 g/mol. The molecule has 1 aliphatic heterocycles. The van der Waals surface area contributed by atoms with Crippen LogP contribution < -0.4 is 5.32 Å². The molecular formula is C10H19NO2. The first kappa shape index (κ1) is 9.44. The molecule has 76 valence electrons. The minimum atomic E-state index is 0.277. The Morgan fingerprint density at radius 1 is 1.38 bits per heavy atom. The van der Waals surface area contributed by atoms with Crippen LogP contribution in [0.4, 0.5) is 0 Å². The van der Waals surface area contributed by atoms with E-state index < -0.39 is 0 Å². The van der Waals surface area contributed by atoms with Crippen LogP contribution in [0, 0.1) is 5.92 Å². The minimum Gasteiger partial charge on any atom is -0.376 e. The van der Waals surface area contributed by atoms with Gasteiger partial charge in [-0.3, -0.25) is 0 Å². The lowest BCUT2D eigenvalue weighted by Crippen LogP contribution is -2.45. The first-order valence-electron chi connectivity index (χ1n) is 5.26. The Morgan fingerprint density at radius 3 is 2.77 bits per heavy atom. The quantitative estimate of drug-likeness (QED) is 0.702. The van der Waals surface area contributed by atoms with Gasteiger partial charge in [0.2, 0.25) is 0 Å². The largest absolute Gasteiger partial charge is 0.376 e. The Kier molecular flexibility index (Phi) is 3.19. The second kappa shape index (κ2) is 4.40. The van der Waals surface area contributed by atoms with Gasteiger partial charge in [0.15, 0.2) is 0 Å². The molecular weight excluding hydrogens is 166 g/mol. The second-order valence-corrected chi connectivity index (χ2v) is 4.06. The fourth-order valence-electron chi connectivity index (χ4n) is 1.91. The molecule has 1 heterocycles. The maximum absolute atomic E-state index is 5.67. The molecule has 1 aliphatic carbocycles. The molecule has 0 radical (unpaired) electrons. The highest BCUT2D eigenvalue weighted by Crippen LogP contribution is 2.34. The molecule has 3 heteroatoms. The number of hydrogen-bond donors (Lipinski definition) is 1. The van der Waals surface area contributed by atoms with Gasteiger partial charge in [0.1, 0.15) is 0 Å². The summed E-state index contributed by atoms with van der Waals surface area (Å²) in [5.74, 6) is 0.947. The summed E-state index contributed by atoms with van der Waals surface area (Å²) in [5.41, 5.74) is 0. The lowest BCUT2D eigenvalue weighted by atomic mass is 10.0. The van der Waals surface area contributed by atoms with Crippen molar-refractivity contribution in [2.45, 2.75) is 31.4 Å². The summed E-state index contributed by atoms with van der Waals surface area (Å²) in [6.45, 7) is 2.28. The van der Waals surface area contributed by atoms with E-state index in [9.17, 15) is 0 Å². The van der Waals surface area contributed by atoms with Crippen LogP contribution in [-0.4, -0.2) is 39.0 Å². The average Bonchev–Trinajstić information content (AvgIpc) is 2.99. The topological polar surface area (TPSA) is 30.5 Å². The summed E-state index contributed by atoms with van der Waals surface area (Å²) in [6.07, 6.45) is 4.35. The summed E-state index contributed by atoms with van der Waals surface area (Å²) in [7, 11) is 2.02. The van der Waals surface area contributed by atoms with Crippen LogP contribution in [0.15, 0.2) is 0 Å². The van der Waals surface area contributed by atoms with Crippen LogP contribution in [-0.2, 0) is 9.47 Å². The van der Waals surface area contributed by atoms with E-state index in [1.165, 1.54) is 19.3 Å². The highest BCUT2D eigenvalue weighted by Gasteiger charge is 2.30. The molecule has 0 amide bonds. The van der Waals surface area contributed by atoms with Crippen LogP contribution >= 0.6 is 0 Å². The molecule has 2 aliphatic rings. The minimum absolute atomic E-state index is 0.277. The molecule has 0 aromatic carbocycles. The van der Waals surface area contributed by atoms with Crippen molar-refractivity contribution in [1.29, 1.82) is 0 Å². The maximum Gasteiger partial charge on any atom is 0.0962 e. The van der Waals surface area contributed by atoms with Crippen molar-refractivity contribution in [3.05, 3.63) is 0 Å². The molecule has 0 bridgehead atoms. The van der Waals surface area contributed by atoms with Gasteiger partial charge in [-0.2, -0.15) is 0 Å². The van der Waals surface area contributed by atoms with Gasteiger partial charge in [-0.15, -0.1) is 0 Å². The van der Waals surface area contributed by atoms with E-state index in [-0.39, 0.29) is 6.10 Å². The second-order valence-electron chi connectivity index (χ2n) is 4.06. The predicted molar refractivity (Wildman–Crippen MR) is 50.7 cm³/mol. The van der Waals surface area contributed by atoms with Crippen molar-refractivity contribution in [3.63, 3.8) is 0 Å². The Bertz CT molecular complexity index is 153. The number of ether oxygens (including phenoxy) is 2. The Morgan fingerprint density at radius 2 is 2.23 bits per heavy atom. The molecule has 1 saturated heterocycles. The normalized spacial score (nSPS) is 31.6. The smallest absolute Gasteiger partial charge is 0.0962 e. The molecule has 0 spiro atoms. The lowest BCUT2D eigenvalue weighted by Gasteiger charge is -2.30. The third-order valence-electron chi connectivity index (χ3n) is 2.95. The van der Waals surface area contributed by atoms with Crippen molar-refractivity contribution in [2.75, 3.05) is 26.9 Å². The van der Waals surface area contributed by atoms with Crippen LogP contribution in [0.3, 0.4) is 0 Å². The summed E-state index contributed by atoms with van der Waals surface area (Å²) in [5, 5.41) is 3.34. The Labute approximate surface area is 79.8 Å². The third-order valence-corrected chi connectivity index (χ3v) is 2.95. The van der Waals surface area contributed by atoms with Crippen molar-refractivity contribution in [2.24, 2.45) is 5.92 Å². The maximum atomic E-state index is 5.67. The van der Waals surface area contributed by atoms with Gasteiger partial charge in [0.05, 0.1) is 25.9 Å². The molecule has 1 N–H and O–H groups in total. The standard InChI is InChI=1S/C10H19NO2/c1-11-9(6-8-2-3-8)10-7-12-4-5-13-10/h8-11H,2-7H2,1H3. The highest BCUT2D eigenvalue weighted by molar-refractivity contribution is 4.85. The van der Waals surface area contributed by atoms with Crippen LogP contribution in [0.2, 0.25) is 0 Å². The fourth-order valence-corrected chi connectivity index (χ4v) is 1.91. The summed E-state index contributed by atoms with van der Waals surface area (Å²) < 4.78 is 11.1. The van der Waals surface area contributed by atoms with E-state index in [1.54, 1.807) is 0 Å². The van der Waals surface area contributed by atoms with Gasteiger partial charge >= 0.3 is 0 Å². The summed E-state index contributed by atoms with van der Waals surface area (Å²) in [4.78, 5) is 0. The molecule has 2 unspecified atom stereocenters. The molecule has 2 rings (SSSR count). The molecule has 2 atom stereocenters. The van der Waals surface area contributed by atoms with Crippen molar-refractivity contribution < 1.29 is 9.47 Å². The van der Waals surface area contributed by atoms with E-state index in [0.29, 0.717) is 6.04 Å². The van der Waals surface area contributed by atoms with Crippen molar-refractivity contribution in [3.8, 4) is 0 Å². The number of rotatable bonds is 4. The Hall–Kier alpha value is -0.120. The van der Waals surface area contributed by atoms with Crippen LogP contribution in [0.5, 0.6) is 0 Å². The van der Waals surface area contributed by atoms with Crippen molar-refractivity contribution >= 4 is 0 Å². The molecule has 0 aromatic heterocycles. The highest BCUT2D eigenvalue weighted by atomic mass is 16.6. The van der Waals surface area contributed by atoms with Gasteiger partial charge in [-0.1, -0.05) is 12.8 Å². The number of hydrogen-bond acceptors (Lipinski definition) is 3. The summed E-state index contributed by atoms with van der Waals surface area (Å²) >= 11 is 0. The number of nitrogens with one attached hydrogen (secondary N) is 1. The van der Waals surface area contributed by atoms with Gasteiger partial charge < -0.3 is 14.8 Å². The molecule has 0 aromatic rings. The SMILES string of the molecule is CNC(CC1CC1)C1COCCO1. The van der Waals surface area contributed by atoms with Crippen molar-refractivity contribution in [1.82, 2.24) is 5.32 Å². The zero-order valence-electron chi connectivity index (χ0n) is 8.29.